The molecule has 0 radical (unpaired) electrons. The van der Waals surface area contributed by atoms with E-state index in [-0.39, 0.29) is 6.04 Å². The summed E-state index contributed by atoms with van der Waals surface area (Å²) in [6.45, 7) is 6.78. The lowest BCUT2D eigenvalue weighted by Gasteiger charge is -2.19. The van der Waals surface area contributed by atoms with Crippen molar-refractivity contribution in [3.05, 3.63) is 52.8 Å². The molecule has 1 atom stereocenters. The Hall–Kier alpha value is -1.61. The molecule has 0 spiro atoms. The lowest BCUT2D eigenvalue weighted by molar-refractivity contribution is 0.526. The standard InChI is InChI=1S/C14H19N3/c1-10-4-5-11(2)13(8-10)14(9-15)17-7-6-12(3)16-17/h4-8,14H,9,15H2,1-3H3. The third-order valence-electron chi connectivity index (χ3n) is 3.08. The average molecular weight is 229 g/mol. The number of aryl methyl sites for hydroxylation is 3. The second kappa shape index (κ2) is 4.72. The van der Waals surface area contributed by atoms with E-state index in [0.29, 0.717) is 6.54 Å². The lowest BCUT2D eigenvalue weighted by Crippen LogP contribution is -2.22. The minimum atomic E-state index is 0.128. The van der Waals surface area contributed by atoms with E-state index in [1.807, 2.05) is 23.9 Å². The third-order valence-corrected chi connectivity index (χ3v) is 3.08. The Morgan fingerprint density at radius 1 is 1.24 bits per heavy atom. The van der Waals surface area contributed by atoms with Crippen LogP contribution in [0.4, 0.5) is 0 Å². The Bertz CT molecular complexity index is 514. The number of nitrogens with zero attached hydrogens (tertiary/aromatic N) is 2. The zero-order valence-corrected chi connectivity index (χ0v) is 10.6. The summed E-state index contributed by atoms with van der Waals surface area (Å²) in [5.41, 5.74) is 10.7. The molecular formula is C14H19N3. The second-order valence-electron chi connectivity index (χ2n) is 4.55. The molecule has 17 heavy (non-hydrogen) atoms. The number of hydrogen-bond donors (Lipinski definition) is 1. The smallest absolute Gasteiger partial charge is 0.0893 e. The van der Waals surface area contributed by atoms with Gasteiger partial charge in [0.25, 0.3) is 0 Å². The van der Waals surface area contributed by atoms with Crippen LogP contribution in [-0.2, 0) is 0 Å². The van der Waals surface area contributed by atoms with Crippen molar-refractivity contribution in [1.29, 1.82) is 0 Å². The molecule has 1 unspecified atom stereocenters. The summed E-state index contributed by atoms with van der Waals surface area (Å²) in [5, 5.41) is 4.47. The normalized spacial score (nSPS) is 12.7. The van der Waals surface area contributed by atoms with Crippen molar-refractivity contribution < 1.29 is 0 Å². The molecule has 3 nitrogen and oxygen atoms in total. The van der Waals surface area contributed by atoms with Crippen molar-refractivity contribution in [3.63, 3.8) is 0 Å². The predicted molar refractivity (Wildman–Crippen MR) is 70.1 cm³/mol. The third kappa shape index (κ3) is 2.39. The van der Waals surface area contributed by atoms with Crippen molar-refractivity contribution >= 4 is 0 Å². The molecule has 2 N–H and O–H groups in total. The number of aromatic nitrogens is 2. The molecule has 2 aromatic rings. The number of nitrogens with two attached hydrogens (primary N) is 1. The van der Waals surface area contributed by atoms with Gasteiger partial charge in [-0.15, -0.1) is 0 Å². The fourth-order valence-corrected chi connectivity index (χ4v) is 2.10. The van der Waals surface area contributed by atoms with Crippen molar-refractivity contribution in [2.24, 2.45) is 5.73 Å². The number of rotatable bonds is 3. The molecule has 0 bridgehead atoms. The molecule has 0 fully saturated rings. The van der Waals surface area contributed by atoms with E-state index >= 15 is 0 Å². The van der Waals surface area contributed by atoms with E-state index in [4.69, 9.17) is 5.73 Å². The Kier molecular flexibility index (Phi) is 3.29. The first-order chi connectivity index (χ1) is 8.11. The van der Waals surface area contributed by atoms with E-state index in [1.165, 1.54) is 16.7 Å². The van der Waals surface area contributed by atoms with Gasteiger partial charge in [-0.2, -0.15) is 5.10 Å². The molecule has 0 saturated heterocycles. The van der Waals surface area contributed by atoms with Crippen LogP contribution < -0.4 is 5.73 Å². The van der Waals surface area contributed by atoms with Crippen LogP contribution in [0.5, 0.6) is 0 Å². The van der Waals surface area contributed by atoms with Gasteiger partial charge in [-0.25, -0.2) is 0 Å². The van der Waals surface area contributed by atoms with Crippen LogP contribution in [0.25, 0.3) is 0 Å². The summed E-state index contributed by atoms with van der Waals surface area (Å²) >= 11 is 0. The molecule has 2 rings (SSSR count). The average Bonchev–Trinajstić information content (AvgIpc) is 2.71. The van der Waals surface area contributed by atoms with Crippen LogP contribution in [0.3, 0.4) is 0 Å². The van der Waals surface area contributed by atoms with Crippen molar-refractivity contribution in [3.8, 4) is 0 Å². The van der Waals surface area contributed by atoms with Gasteiger partial charge in [0.15, 0.2) is 0 Å². The Morgan fingerprint density at radius 2 is 2.00 bits per heavy atom. The molecule has 3 heteroatoms. The van der Waals surface area contributed by atoms with E-state index < -0.39 is 0 Å². The highest BCUT2D eigenvalue weighted by Crippen LogP contribution is 2.22. The topological polar surface area (TPSA) is 43.8 Å². The number of benzene rings is 1. The molecule has 1 aromatic heterocycles. The maximum Gasteiger partial charge on any atom is 0.0893 e. The van der Waals surface area contributed by atoms with Crippen LogP contribution in [0.1, 0.15) is 28.4 Å². The number of hydrogen-bond acceptors (Lipinski definition) is 2. The highest BCUT2D eigenvalue weighted by atomic mass is 15.3. The monoisotopic (exact) mass is 229 g/mol. The van der Waals surface area contributed by atoms with Gasteiger partial charge in [0.2, 0.25) is 0 Å². The quantitative estimate of drug-likeness (QED) is 0.878. The maximum atomic E-state index is 5.90. The summed E-state index contributed by atoms with van der Waals surface area (Å²) in [4.78, 5) is 0. The highest BCUT2D eigenvalue weighted by molar-refractivity contribution is 5.33. The summed E-state index contributed by atoms with van der Waals surface area (Å²) in [6.07, 6.45) is 1.99. The van der Waals surface area contributed by atoms with Gasteiger partial charge in [-0.1, -0.05) is 23.8 Å². The molecule has 0 aliphatic rings. The summed E-state index contributed by atoms with van der Waals surface area (Å²) in [5.74, 6) is 0. The minimum absolute atomic E-state index is 0.128. The van der Waals surface area contributed by atoms with Crippen molar-refractivity contribution in [2.75, 3.05) is 6.54 Å². The summed E-state index contributed by atoms with van der Waals surface area (Å²) in [6, 6.07) is 8.60. The molecule has 90 valence electrons. The molecule has 0 saturated carbocycles. The van der Waals surface area contributed by atoms with Gasteiger partial charge in [0.05, 0.1) is 11.7 Å². The van der Waals surface area contributed by atoms with E-state index in [2.05, 4.69) is 37.1 Å². The van der Waals surface area contributed by atoms with Crippen LogP contribution in [0.15, 0.2) is 30.5 Å². The Balaban J connectivity index is 2.45. The zero-order valence-electron chi connectivity index (χ0n) is 10.6. The molecule has 0 aliphatic heterocycles. The Labute approximate surface area is 102 Å². The first-order valence-electron chi connectivity index (χ1n) is 5.91. The fourth-order valence-electron chi connectivity index (χ4n) is 2.10. The molecule has 0 aliphatic carbocycles. The van der Waals surface area contributed by atoms with Crippen LogP contribution in [-0.4, -0.2) is 16.3 Å². The van der Waals surface area contributed by atoms with Crippen molar-refractivity contribution in [1.82, 2.24) is 9.78 Å². The Morgan fingerprint density at radius 3 is 2.59 bits per heavy atom. The van der Waals surface area contributed by atoms with Gasteiger partial charge in [0, 0.05) is 12.7 Å². The molecule has 1 heterocycles. The van der Waals surface area contributed by atoms with Gasteiger partial charge in [0.1, 0.15) is 0 Å². The van der Waals surface area contributed by atoms with Crippen molar-refractivity contribution in [2.45, 2.75) is 26.8 Å². The van der Waals surface area contributed by atoms with E-state index in [0.717, 1.165) is 5.69 Å². The molecule has 0 amide bonds. The summed E-state index contributed by atoms with van der Waals surface area (Å²) < 4.78 is 1.96. The first-order valence-corrected chi connectivity index (χ1v) is 5.91. The van der Waals surface area contributed by atoms with Gasteiger partial charge in [-0.3, -0.25) is 4.68 Å². The van der Waals surface area contributed by atoms with Crippen LogP contribution >= 0.6 is 0 Å². The lowest BCUT2D eigenvalue weighted by atomic mass is 9.99. The SMILES string of the molecule is Cc1ccc(C)c(C(CN)n2ccc(C)n2)c1. The first kappa shape index (κ1) is 11.9. The summed E-state index contributed by atoms with van der Waals surface area (Å²) in [7, 11) is 0. The fraction of sp³-hybridized carbons (Fsp3) is 0.357. The highest BCUT2D eigenvalue weighted by Gasteiger charge is 2.14. The predicted octanol–water partition coefficient (Wildman–Crippen LogP) is 2.36. The second-order valence-corrected chi connectivity index (χ2v) is 4.55. The zero-order chi connectivity index (χ0) is 12.4. The molecule has 1 aromatic carbocycles. The minimum Gasteiger partial charge on any atom is -0.328 e. The van der Waals surface area contributed by atoms with Gasteiger partial charge in [-0.05, 0) is 38.0 Å². The van der Waals surface area contributed by atoms with E-state index in [9.17, 15) is 0 Å². The molecular weight excluding hydrogens is 210 g/mol. The van der Waals surface area contributed by atoms with Gasteiger partial charge < -0.3 is 5.73 Å². The van der Waals surface area contributed by atoms with Crippen LogP contribution in [0.2, 0.25) is 0 Å². The maximum absolute atomic E-state index is 5.90. The van der Waals surface area contributed by atoms with Crippen LogP contribution in [0, 0.1) is 20.8 Å². The largest absolute Gasteiger partial charge is 0.328 e. The van der Waals surface area contributed by atoms with E-state index in [1.54, 1.807) is 0 Å². The van der Waals surface area contributed by atoms with Gasteiger partial charge >= 0.3 is 0 Å².